The normalized spacial score (nSPS) is 10.0. The smallest absolute Gasteiger partial charge is 0.106 e. The molecule has 0 amide bonds. The van der Waals surface area contributed by atoms with E-state index >= 15 is 0 Å². The lowest BCUT2D eigenvalue weighted by Gasteiger charge is -1.94. The molecule has 2 heteroatoms. The van der Waals surface area contributed by atoms with E-state index in [-0.39, 0.29) is 0 Å². The van der Waals surface area contributed by atoms with E-state index in [0.717, 1.165) is 19.3 Å². The van der Waals surface area contributed by atoms with Gasteiger partial charge in [-0.05, 0) is 19.3 Å². The molecule has 0 aromatic heterocycles. The topological polar surface area (TPSA) is 21.6 Å². The van der Waals surface area contributed by atoms with Crippen molar-refractivity contribution >= 4 is 6.21 Å². The monoisotopic (exact) mass is 167 g/mol. The van der Waals surface area contributed by atoms with Crippen molar-refractivity contribution in [1.82, 2.24) is 0 Å². The molecule has 0 fully saturated rings. The Bertz CT molecular complexity index is 146. The summed E-state index contributed by atoms with van der Waals surface area (Å²) in [7, 11) is 1.56. The van der Waals surface area contributed by atoms with Crippen LogP contribution in [0.25, 0.3) is 0 Å². The number of hydrogen-bond donors (Lipinski definition) is 0. The second-order valence-electron chi connectivity index (χ2n) is 2.63. The summed E-state index contributed by atoms with van der Waals surface area (Å²) in [5.41, 5.74) is 0. The van der Waals surface area contributed by atoms with Gasteiger partial charge >= 0.3 is 0 Å². The maximum Gasteiger partial charge on any atom is 0.106 e. The van der Waals surface area contributed by atoms with Crippen LogP contribution in [0.15, 0.2) is 5.16 Å². The highest BCUT2D eigenvalue weighted by Crippen LogP contribution is 2.03. The van der Waals surface area contributed by atoms with Crippen molar-refractivity contribution in [3.05, 3.63) is 0 Å². The lowest BCUT2D eigenvalue weighted by atomic mass is 10.1. The Morgan fingerprint density at radius 1 is 1.33 bits per heavy atom. The molecule has 0 aromatic rings. The number of oxime groups is 1. The Hall–Kier alpha value is -0.970. The fourth-order valence-corrected chi connectivity index (χ4v) is 0.943. The summed E-state index contributed by atoms with van der Waals surface area (Å²) in [5, 5.41) is 3.65. The summed E-state index contributed by atoms with van der Waals surface area (Å²) in [4.78, 5) is 4.53. The highest BCUT2D eigenvalue weighted by atomic mass is 16.6. The van der Waals surface area contributed by atoms with Gasteiger partial charge in [0, 0.05) is 12.6 Å². The van der Waals surface area contributed by atoms with Gasteiger partial charge < -0.3 is 4.84 Å². The average molecular weight is 167 g/mol. The van der Waals surface area contributed by atoms with Crippen molar-refractivity contribution in [1.29, 1.82) is 0 Å². The number of nitrogens with zero attached hydrogens (tertiary/aromatic N) is 1. The predicted molar refractivity (Wildman–Crippen MR) is 52.0 cm³/mol. The van der Waals surface area contributed by atoms with E-state index in [0.29, 0.717) is 0 Å². The second kappa shape index (κ2) is 10.0. The zero-order valence-electron chi connectivity index (χ0n) is 7.75. The molecule has 0 aliphatic heterocycles. The molecule has 0 radical (unpaired) electrons. The van der Waals surface area contributed by atoms with Gasteiger partial charge in [-0.2, -0.15) is 0 Å². The third-order valence-corrected chi connectivity index (χ3v) is 1.58. The van der Waals surface area contributed by atoms with Crippen molar-refractivity contribution in [3.8, 4) is 12.3 Å². The molecule has 0 spiro atoms. The van der Waals surface area contributed by atoms with Crippen LogP contribution in [0.4, 0.5) is 0 Å². The number of terminal acetylenes is 1. The molecule has 0 saturated carbocycles. The molecular formula is C10H17NO. The second-order valence-corrected chi connectivity index (χ2v) is 2.63. The number of hydrogen-bond acceptors (Lipinski definition) is 2. The van der Waals surface area contributed by atoms with Crippen molar-refractivity contribution in [2.24, 2.45) is 5.16 Å². The molecular weight excluding hydrogens is 150 g/mol. The first-order chi connectivity index (χ1) is 5.91. The van der Waals surface area contributed by atoms with Crippen molar-refractivity contribution in [2.45, 2.75) is 38.5 Å². The standard InChI is InChI=1S/C10H17NO/c1-3-4-5-6-7-8-9-10-11-12-2/h1,10H,4-9H2,2H3/b11-10+. The first kappa shape index (κ1) is 11.0. The first-order valence-corrected chi connectivity index (χ1v) is 4.40. The van der Waals surface area contributed by atoms with E-state index in [1.165, 1.54) is 19.3 Å². The average Bonchev–Trinajstić information content (AvgIpc) is 2.10. The molecule has 2 nitrogen and oxygen atoms in total. The summed E-state index contributed by atoms with van der Waals surface area (Å²) in [6.07, 6.45) is 13.6. The minimum absolute atomic E-state index is 0.909. The van der Waals surface area contributed by atoms with E-state index < -0.39 is 0 Å². The summed E-state index contributed by atoms with van der Waals surface area (Å²) < 4.78 is 0. The van der Waals surface area contributed by atoms with Gasteiger partial charge in [0.05, 0.1) is 0 Å². The zero-order valence-corrected chi connectivity index (χ0v) is 7.75. The van der Waals surface area contributed by atoms with E-state index in [4.69, 9.17) is 6.42 Å². The molecule has 0 N–H and O–H groups in total. The van der Waals surface area contributed by atoms with Gasteiger partial charge in [0.15, 0.2) is 0 Å². The van der Waals surface area contributed by atoms with Crippen LogP contribution in [0.2, 0.25) is 0 Å². The van der Waals surface area contributed by atoms with Crippen molar-refractivity contribution in [3.63, 3.8) is 0 Å². The SMILES string of the molecule is C#CCCCCCC/C=N/OC. The van der Waals surface area contributed by atoms with Crippen LogP contribution in [0.1, 0.15) is 38.5 Å². The summed E-state index contributed by atoms with van der Waals surface area (Å²) in [6, 6.07) is 0. The minimum atomic E-state index is 0.909. The fourth-order valence-electron chi connectivity index (χ4n) is 0.943. The van der Waals surface area contributed by atoms with Gasteiger partial charge in [-0.15, -0.1) is 12.3 Å². The number of rotatable bonds is 7. The molecule has 0 saturated heterocycles. The van der Waals surface area contributed by atoms with Crippen LogP contribution < -0.4 is 0 Å². The van der Waals surface area contributed by atoms with Gasteiger partial charge in [-0.3, -0.25) is 0 Å². The van der Waals surface area contributed by atoms with E-state index in [9.17, 15) is 0 Å². The summed E-state index contributed by atoms with van der Waals surface area (Å²) in [5.74, 6) is 2.63. The van der Waals surface area contributed by atoms with Gasteiger partial charge in [-0.1, -0.05) is 18.0 Å². The quantitative estimate of drug-likeness (QED) is 0.247. The van der Waals surface area contributed by atoms with Gasteiger partial charge in [0.25, 0.3) is 0 Å². The lowest BCUT2D eigenvalue weighted by molar-refractivity contribution is 0.214. The zero-order chi connectivity index (χ0) is 9.07. The molecule has 0 atom stereocenters. The van der Waals surface area contributed by atoms with Gasteiger partial charge in [0.1, 0.15) is 7.11 Å². The van der Waals surface area contributed by atoms with Gasteiger partial charge in [-0.25, -0.2) is 0 Å². The maximum atomic E-state index is 5.12. The molecule has 0 aromatic carbocycles. The molecule has 0 aliphatic carbocycles. The summed E-state index contributed by atoms with van der Waals surface area (Å²) >= 11 is 0. The third kappa shape index (κ3) is 9.03. The Kier molecular flexibility index (Phi) is 9.22. The molecule has 0 unspecified atom stereocenters. The molecule has 0 bridgehead atoms. The number of unbranched alkanes of at least 4 members (excludes halogenated alkanes) is 5. The Morgan fingerprint density at radius 3 is 2.75 bits per heavy atom. The van der Waals surface area contributed by atoms with E-state index in [1.807, 2.05) is 0 Å². The Labute approximate surface area is 75.0 Å². The predicted octanol–water partition coefficient (Wildman–Crippen LogP) is 2.59. The van der Waals surface area contributed by atoms with Gasteiger partial charge in [0.2, 0.25) is 0 Å². The van der Waals surface area contributed by atoms with Crippen LogP contribution >= 0.6 is 0 Å². The molecule has 0 rings (SSSR count). The van der Waals surface area contributed by atoms with E-state index in [1.54, 1.807) is 13.3 Å². The van der Waals surface area contributed by atoms with Crippen LogP contribution in [0.5, 0.6) is 0 Å². The van der Waals surface area contributed by atoms with Crippen molar-refractivity contribution in [2.75, 3.05) is 7.11 Å². The van der Waals surface area contributed by atoms with Crippen LogP contribution in [0.3, 0.4) is 0 Å². The fraction of sp³-hybridized carbons (Fsp3) is 0.700. The lowest BCUT2D eigenvalue weighted by Crippen LogP contribution is -1.80. The molecule has 0 heterocycles. The Morgan fingerprint density at radius 2 is 2.08 bits per heavy atom. The largest absolute Gasteiger partial charge is 0.399 e. The third-order valence-electron chi connectivity index (χ3n) is 1.58. The van der Waals surface area contributed by atoms with Crippen LogP contribution in [0, 0.1) is 12.3 Å². The Balaban J connectivity index is 2.92. The molecule has 0 aliphatic rings. The highest BCUT2D eigenvalue weighted by molar-refractivity contribution is 5.55. The minimum Gasteiger partial charge on any atom is -0.399 e. The van der Waals surface area contributed by atoms with E-state index in [2.05, 4.69) is 15.9 Å². The van der Waals surface area contributed by atoms with Crippen molar-refractivity contribution < 1.29 is 4.84 Å². The van der Waals surface area contributed by atoms with Crippen LogP contribution in [-0.2, 0) is 4.84 Å². The molecule has 12 heavy (non-hydrogen) atoms. The first-order valence-electron chi connectivity index (χ1n) is 4.40. The molecule has 68 valence electrons. The highest BCUT2D eigenvalue weighted by Gasteiger charge is 1.87. The van der Waals surface area contributed by atoms with Crippen LogP contribution in [-0.4, -0.2) is 13.3 Å². The maximum absolute atomic E-state index is 5.12. The summed E-state index contributed by atoms with van der Waals surface area (Å²) in [6.45, 7) is 0.